The summed E-state index contributed by atoms with van der Waals surface area (Å²) < 4.78 is 1.74. The van der Waals surface area contributed by atoms with Crippen LogP contribution in [0.25, 0.3) is 5.69 Å². The highest BCUT2D eigenvalue weighted by Crippen LogP contribution is 2.10. The summed E-state index contributed by atoms with van der Waals surface area (Å²) in [6.45, 7) is 5.69. The van der Waals surface area contributed by atoms with Gasteiger partial charge in [-0.25, -0.2) is 9.67 Å². The van der Waals surface area contributed by atoms with E-state index in [2.05, 4.69) is 69.9 Å². The van der Waals surface area contributed by atoms with Crippen molar-refractivity contribution in [2.24, 2.45) is 4.99 Å². The molecule has 0 unspecified atom stereocenters. The predicted molar refractivity (Wildman–Crippen MR) is 104 cm³/mol. The van der Waals surface area contributed by atoms with Crippen LogP contribution in [0.4, 0.5) is 0 Å². The van der Waals surface area contributed by atoms with E-state index in [9.17, 15) is 0 Å². The molecule has 0 saturated carbocycles. The zero-order valence-electron chi connectivity index (χ0n) is 15.4. The van der Waals surface area contributed by atoms with Gasteiger partial charge in [-0.2, -0.15) is 5.10 Å². The molecule has 0 aliphatic carbocycles. The van der Waals surface area contributed by atoms with Gasteiger partial charge >= 0.3 is 0 Å². The van der Waals surface area contributed by atoms with Gasteiger partial charge in [0.15, 0.2) is 5.96 Å². The smallest absolute Gasteiger partial charge is 0.191 e. The average molecular weight is 348 g/mol. The predicted octanol–water partition coefficient (Wildman–Crippen LogP) is 2.75. The van der Waals surface area contributed by atoms with Crippen LogP contribution in [0.2, 0.25) is 0 Å². The van der Waals surface area contributed by atoms with Crippen LogP contribution >= 0.6 is 0 Å². The van der Waals surface area contributed by atoms with Gasteiger partial charge < -0.3 is 10.6 Å². The lowest BCUT2D eigenvalue weighted by atomic mass is 10.1. The molecule has 1 aromatic heterocycles. The van der Waals surface area contributed by atoms with Crippen molar-refractivity contribution < 1.29 is 0 Å². The Balaban J connectivity index is 1.54. The molecule has 3 aromatic rings. The van der Waals surface area contributed by atoms with Crippen LogP contribution in [-0.4, -0.2) is 27.8 Å². The number of aliphatic imine (C=N–C) groups is 1. The van der Waals surface area contributed by atoms with Crippen LogP contribution in [0.15, 0.2) is 60.1 Å². The Kier molecular flexibility index (Phi) is 5.63. The summed E-state index contributed by atoms with van der Waals surface area (Å²) in [4.78, 5) is 8.26. The Morgan fingerprint density at radius 1 is 1.04 bits per heavy atom. The minimum atomic E-state index is 0.699. The van der Waals surface area contributed by atoms with Crippen LogP contribution in [0.1, 0.15) is 22.3 Å². The Bertz CT molecular complexity index is 866. The molecule has 0 aliphatic heterocycles. The average Bonchev–Trinajstić information content (AvgIpc) is 3.18. The number of hydrogen-bond donors (Lipinski definition) is 2. The van der Waals surface area contributed by atoms with Crippen LogP contribution in [0.5, 0.6) is 0 Å². The zero-order chi connectivity index (χ0) is 18.4. The number of benzene rings is 2. The van der Waals surface area contributed by atoms with Crippen molar-refractivity contribution in [1.82, 2.24) is 25.4 Å². The molecule has 0 radical (unpaired) electrons. The van der Waals surface area contributed by atoms with Crippen LogP contribution < -0.4 is 10.6 Å². The molecule has 1 heterocycles. The van der Waals surface area contributed by atoms with E-state index < -0.39 is 0 Å². The highest BCUT2D eigenvalue weighted by atomic mass is 15.3. The van der Waals surface area contributed by atoms with Crippen molar-refractivity contribution in [2.75, 3.05) is 7.05 Å². The molecular formula is C20H24N6. The number of nitrogens with zero attached hydrogens (tertiary/aromatic N) is 4. The van der Waals surface area contributed by atoms with E-state index in [0.717, 1.165) is 18.2 Å². The lowest BCUT2D eigenvalue weighted by Gasteiger charge is -2.14. The summed E-state index contributed by atoms with van der Waals surface area (Å²) in [7, 11) is 1.78. The molecule has 0 aliphatic rings. The summed E-state index contributed by atoms with van der Waals surface area (Å²) in [6.07, 6.45) is 3.22. The van der Waals surface area contributed by atoms with Gasteiger partial charge in [0.1, 0.15) is 12.7 Å². The van der Waals surface area contributed by atoms with Gasteiger partial charge in [-0.1, -0.05) is 35.9 Å². The minimum Gasteiger partial charge on any atom is -0.352 e. The van der Waals surface area contributed by atoms with Crippen molar-refractivity contribution in [3.05, 3.63) is 77.4 Å². The molecular weight excluding hydrogens is 324 g/mol. The second-order valence-electron chi connectivity index (χ2n) is 6.22. The van der Waals surface area contributed by atoms with Crippen LogP contribution in [-0.2, 0) is 13.1 Å². The number of aryl methyl sites for hydroxylation is 2. The molecule has 6 heteroatoms. The fourth-order valence-corrected chi connectivity index (χ4v) is 2.74. The maximum atomic E-state index is 4.30. The third kappa shape index (κ3) is 4.47. The number of guanidine groups is 1. The van der Waals surface area contributed by atoms with Gasteiger partial charge in [0, 0.05) is 20.1 Å². The summed E-state index contributed by atoms with van der Waals surface area (Å²) >= 11 is 0. The molecule has 6 nitrogen and oxygen atoms in total. The molecule has 0 saturated heterocycles. The Morgan fingerprint density at radius 3 is 2.46 bits per heavy atom. The van der Waals surface area contributed by atoms with Gasteiger partial charge in [0.05, 0.1) is 5.69 Å². The highest BCUT2D eigenvalue weighted by Gasteiger charge is 2.03. The number of rotatable bonds is 5. The van der Waals surface area contributed by atoms with E-state index in [-0.39, 0.29) is 0 Å². The topological polar surface area (TPSA) is 67.1 Å². The molecule has 26 heavy (non-hydrogen) atoms. The Hall–Kier alpha value is -3.15. The molecule has 0 fully saturated rings. The van der Waals surface area contributed by atoms with Crippen molar-refractivity contribution in [3.63, 3.8) is 0 Å². The van der Waals surface area contributed by atoms with E-state index in [1.807, 2.05) is 12.1 Å². The van der Waals surface area contributed by atoms with Crippen LogP contribution in [0, 0.1) is 13.8 Å². The van der Waals surface area contributed by atoms with E-state index in [0.29, 0.717) is 6.54 Å². The first-order chi connectivity index (χ1) is 12.7. The number of aromatic nitrogens is 3. The first-order valence-electron chi connectivity index (χ1n) is 8.60. The Labute approximate surface area is 154 Å². The third-order valence-electron chi connectivity index (χ3n) is 4.25. The molecule has 3 rings (SSSR count). The van der Waals surface area contributed by atoms with E-state index in [4.69, 9.17) is 0 Å². The van der Waals surface area contributed by atoms with Crippen molar-refractivity contribution in [2.45, 2.75) is 26.9 Å². The van der Waals surface area contributed by atoms with Gasteiger partial charge in [0.2, 0.25) is 0 Å². The first-order valence-corrected chi connectivity index (χ1v) is 8.60. The van der Waals surface area contributed by atoms with E-state index in [1.54, 1.807) is 18.1 Å². The summed E-state index contributed by atoms with van der Waals surface area (Å²) in [5.41, 5.74) is 6.00. The standard InChI is InChI=1S/C20H24N6/c1-15-4-7-18(16(2)10-15)12-24-20(21-3)23-11-17-5-8-19(9-6-17)26-14-22-13-25-26/h4-10,13-14H,11-12H2,1-3H3,(H2,21,23,24). The number of nitrogens with one attached hydrogen (secondary N) is 2. The number of hydrogen-bond acceptors (Lipinski definition) is 3. The summed E-state index contributed by atoms with van der Waals surface area (Å²) in [5, 5.41) is 10.8. The normalized spacial score (nSPS) is 11.4. The first kappa shape index (κ1) is 17.7. The fraction of sp³-hybridized carbons (Fsp3) is 0.250. The lowest BCUT2D eigenvalue weighted by molar-refractivity contribution is 0.805. The van der Waals surface area contributed by atoms with E-state index in [1.165, 1.54) is 28.6 Å². The molecule has 0 bridgehead atoms. The largest absolute Gasteiger partial charge is 0.352 e. The molecule has 0 spiro atoms. The van der Waals surface area contributed by atoms with Crippen LogP contribution in [0.3, 0.4) is 0 Å². The molecule has 0 atom stereocenters. The van der Waals surface area contributed by atoms with Gasteiger partial charge in [-0.3, -0.25) is 4.99 Å². The highest BCUT2D eigenvalue weighted by molar-refractivity contribution is 5.79. The fourth-order valence-electron chi connectivity index (χ4n) is 2.74. The van der Waals surface area contributed by atoms with Gasteiger partial charge in [0.25, 0.3) is 0 Å². The summed E-state index contributed by atoms with van der Waals surface area (Å²) in [6, 6.07) is 14.7. The molecule has 134 valence electrons. The second-order valence-corrected chi connectivity index (χ2v) is 6.22. The molecule has 2 aromatic carbocycles. The quantitative estimate of drug-likeness (QED) is 0.550. The SMILES string of the molecule is CN=C(NCc1ccc(-n2cncn2)cc1)NCc1ccc(C)cc1C. The summed E-state index contributed by atoms with van der Waals surface area (Å²) in [5.74, 6) is 0.783. The van der Waals surface area contributed by atoms with Crippen molar-refractivity contribution in [3.8, 4) is 5.69 Å². The second kappa shape index (κ2) is 8.29. The van der Waals surface area contributed by atoms with Gasteiger partial charge in [-0.15, -0.1) is 0 Å². The molecule has 2 N–H and O–H groups in total. The zero-order valence-corrected chi connectivity index (χ0v) is 15.4. The minimum absolute atomic E-state index is 0.699. The molecule has 0 amide bonds. The van der Waals surface area contributed by atoms with Crippen molar-refractivity contribution in [1.29, 1.82) is 0 Å². The maximum absolute atomic E-state index is 4.30. The Morgan fingerprint density at radius 2 is 1.81 bits per heavy atom. The maximum Gasteiger partial charge on any atom is 0.191 e. The lowest BCUT2D eigenvalue weighted by Crippen LogP contribution is -2.36. The third-order valence-corrected chi connectivity index (χ3v) is 4.25. The van der Waals surface area contributed by atoms with Crippen molar-refractivity contribution >= 4 is 5.96 Å². The van der Waals surface area contributed by atoms with Gasteiger partial charge in [-0.05, 0) is 42.7 Å². The van der Waals surface area contributed by atoms with E-state index >= 15 is 0 Å². The monoisotopic (exact) mass is 348 g/mol.